The summed E-state index contributed by atoms with van der Waals surface area (Å²) in [4.78, 5) is 22.4. The molecule has 2 amide bonds. The Balaban J connectivity index is 1.40. The van der Waals surface area contributed by atoms with E-state index in [4.69, 9.17) is 16.9 Å². The van der Waals surface area contributed by atoms with Crippen LogP contribution in [0.25, 0.3) is 0 Å². The number of piperidine rings is 1. The number of urea groups is 1. The number of anilines is 1. The maximum atomic E-state index is 12.0. The molecule has 2 aromatic rings. The van der Waals surface area contributed by atoms with Gasteiger partial charge in [0.1, 0.15) is 6.07 Å². The van der Waals surface area contributed by atoms with Crippen molar-refractivity contribution in [3.05, 3.63) is 52.9 Å². The summed E-state index contributed by atoms with van der Waals surface area (Å²) in [5.74, 6) is 1.05. The Labute approximate surface area is 163 Å². The van der Waals surface area contributed by atoms with E-state index in [9.17, 15) is 4.79 Å². The van der Waals surface area contributed by atoms with Crippen LogP contribution in [-0.2, 0) is 6.54 Å². The third-order valence-corrected chi connectivity index (χ3v) is 4.87. The summed E-state index contributed by atoms with van der Waals surface area (Å²) in [7, 11) is 0. The van der Waals surface area contributed by atoms with Crippen LogP contribution >= 0.6 is 11.6 Å². The van der Waals surface area contributed by atoms with Crippen LogP contribution in [0, 0.1) is 17.2 Å². The highest BCUT2D eigenvalue weighted by molar-refractivity contribution is 6.30. The van der Waals surface area contributed by atoms with E-state index in [1.54, 1.807) is 18.3 Å². The van der Waals surface area contributed by atoms with E-state index >= 15 is 0 Å². The van der Waals surface area contributed by atoms with Crippen molar-refractivity contribution in [2.75, 3.05) is 24.5 Å². The van der Waals surface area contributed by atoms with Gasteiger partial charge in [0, 0.05) is 43.6 Å². The second kappa shape index (κ2) is 9.19. The van der Waals surface area contributed by atoms with Crippen molar-refractivity contribution in [3.8, 4) is 6.07 Å². The third kappa shape index (κ3) is 5.31. The molecular formula is C19H21ClN6O. The first-order valence-electron chi connectivity index (χ1n) is 8.88. The lowest BCUT2D eigenvalue weighted by molar-refractivity contribution is 0.237. The Morgan fingerprint density at radius 1 is 1.19 bits per heavy atom. The third-order valence-electron chi connectivity index (χ3n) is 4.62. The quantitative estimate of drug-likeness (QED) is 0.826. The number of amides is 2. The molecule has 2 N–H and O–H groups in total. The Hall–Kier alpha value is -2.85. The van der Waals surface area contributed by atoms with Crippen LogP contribution < -0.4 is 15.5 Å². The van der Waals surface area contributed by atoms with E-state index in [1.165, 1.54) is 6.20 Å². The van der Waals surface area contributed by atoms with Gasteiger partial charge in [-0.15, -0.1) is 0 Å². The minimum absolute atomic E-state index is 0.173. The van der Waals surface area contributed by atoms with Gasteiger partial charge >= 0.3 is 6.03 Å². The lowest BCUT2D eigenvalue weighted by atomic mass is 9.97. The van der Waals surface area contributed by atoms with Crippen molar-refractivity contribution < 1.29 is 4.79 Å². The Morgan fingerprint density at radius 2 is 1.89 bits per heavy atom. The van der Waals surface area contributed by atoms with Crippen LogP contribution in [0.3, 0.4) is 0 Å². The van der Waals surface area contributed by atoms with Gasteiger partial charge in [-0.2, -0.15) is 5.26 Å². The molecule has 0 spiro atoms. The molecule has 3 rings (SSSR count). The van der Waals surface area contributed by atoms with Gasteiger partial charge < -0.3 is 15.5 Å². The highest BCUT2D eigenvalue weighted by Gasteiger charge is 2.22. The number of carbonyl (C=O) groups is 1. The zero-order valence-electron chi connectivity index (χ0n) is 14.9. The molecule has 0 aliphatic carbocycles. The number of nitrogens with one attached hydrogen (secondary N) is 2. The Bertz CT molecular complexity index is 812. The summed E-state index contributed by atoms with van der Waals surface area (Å²) in [5.41, 5.74) is 1.36. The standard InChI is InChI=1S/C19H21ClN6O/c20-16-3-1-14(2-4-16)12-24-19(27)25-13-15-5-9-26(10-6-15)18-17(11-21)22-7-8-23-18/h1-4,7-8,15H,5-6,9-10,12-13H2,(H2,24,25,27). The molecule has 0 unspecified atom stereocenters. The molecule has 27 heavy (non-hydrogen) atoms. The van der Waals surface area contributed by atoms with Crippen molar-refractivity contribution in [2.45, 2.75) is 19.4 Å². The highest BCUT2D eigenvalue weighted by atomic mass is 35.5. The van der Waals surface area contributed by atoms with Gasteiger partial charge in [0.05, 0.1) is 0 Å². The maximum absolute atomic E-state index is 12.0. The number of rotatable bonds is 5. The summed E-state index contributed by atoms with van der Waals surface area (Å²) in [5, 5.41) is 15.6. The predicted molar refractivity (Wildman–Crippen MR) is 103 cm³/mol. The van der Waals surface area contributed by atoms with Crippen molar-refractivity contribution in [1.29, 1.82) is 5.26 Å². The smallest absolute Gasteiger partial charge is 0.315 e. The fourth-order valence-electron chi connectivity index (χ4n) is 3.07. The molecule has 0 atom stereocenters. The molecule has 1 saturated heterocycles. The number of aromatic nitrogens is 2. The minimum atomic E-state index is -0.173. The van der Waals surface area contributed by atoms with E-state index in [1.807, 2.05) is 12.1 Å². The lowest BCUT2D eigenvalue weighted by Crippen LogP contribution is -2.42. The van der Waals surface area contributed by atoms with Crippen molar-refractivity contribution in [1.82, 2.24) is 20.6 Å². The monoisotopic (exact) mass is 384 g/mol. The van der Waals surface area contributed by atoms with Crippen molar-refractivity contribution >= 4 is 23.4 Å². The van der Waals surface area contributed by atoms with E-state index in [-0.39, 0.29) is 6.03 Å². The van der Waals surface area contributed by atoms with Crippen LogP contribution in [0.5, 0.6) is 0 Å². The summed E-state index contributed by atoms with van der Waals surface area (Å²) < 4.78 is 0. The molecule has 0 bridgehead atoms. The second-order valence-corrected chi connectivity index (χ2v) is 6.90. The fraction of sp³-hybridized carbons (Fsp3) is 0.368. The fourth-order valence-corrected chi connectivity index (χ4v) is 3.20. The van der Waals surface area contributed by atoms with Gasteiger partial charge in [-0.05, 0) is 36.5 Å². The van der Waals surface area contributed by atoms with E-state index in [2.05, 4.69) is 31.6 Å². The first kappa shape index (κ1) is 18.9. The van der Waals surface area contributed by atoms with Gasteiger partial charge in [0.2, 0.25) is 0 Å². The minimum Gasteiger partial charge on any atom is -0.354 e. The first-order chi connectivity index (χ1) is 13.2. The van der Waals surface area contributed by atoms with E-state index in [0.29, 0.717) is 35.5 Å². The molecule has 1 aliphatic rings. The molecule has 140 valence electrons. The lowest BCUT2D eigenvalue weighted by Gasteiger charge is -2.32. The average Bonchev–Trinajstić information content (AvgIpc) is 2.72. The SMILES string of the molecule is N#Cc1nccnc1N1CCC(CNC(=O)NCc2ccc(Cl)cc2)CC1. The number of carbonyl (C=O) groups excluding carboxylic acids is 1. The second-order valence-electron chi connectivity index (χ2n) is 6.46. The zero-order valence-corrected chi connectivity index (χ0v) is 15.6. The zero-order chi connectivity index (χ0) is 19.1. The van der Waals surface area contributed by atoms with Crippen LogP contribution in [-0.4, -0.2) is 35.6 Å². The number of hydrogen-bond donors (Lipinski definition) is 2. The van der Waals surface area contributed by atoms with Crippen LogP contribution in [0.2, 0.25) is 5.02 Å². The molecular weight excluding hydrogens is 364 g/mol. The molecule has 0 radical (unpaired) electrons. The Kier molecular flexibility index (Phi) is 6.44. The number of hydrogen-bond acceptors (Lipinski definition) is 5. The molecule has 7 nitrogen and oxygen atoms in total. The molecule has 1 aromatic carbocycles. The molecule has 2 heterocycles. The predicted octanol–water partition coefficient (Wildman–Crippen LogP) is 2.72. The Morgan fingerprint density at radius 3 is 2.59 bits per heavy atom. The number of benzene rings is 1. The maximum Gasteiger partial charge on any atom is 0.315 e. The molecule has 8 heteroatoms. The van der Waals surface area contributed by atoms with Crippen LogP contribution in [0.1, 0.15) is 24.1 Å². The number of nitriles is 1. The van der Waals surface area contributed by atoms with Gasteiger partial charge in [-0.1, -0.05) is 23.7 Å². The molecule has 1 aliphatic heterocycles. The molecule has 0 saturated carbocycles. The average molecular weight is 385 g/mol. The van der Waals surface area contributed by atoms with E-state index in [0.717, 1.165) is 31.5 Å². The van der Waals surface area contributed by atoms with Crippen LogP contribution in [0.4, 0.5) is 10.6 Å². The van der Waals surface area contributed by atoms with Crippen molar-refractivity contribution in [2.24, 2.45) is 5.92 Å². The molecule has 1 fully saturated rings. The number of halogens is 1. The van der Waals surface area contributed by atoms with Crippen LogP contribution in [0.15, 0.2) is 36.7 Å². The van der Waals surface area contributed by atoms with E-state index < -0.39 is 0 Å². The normalized spacial score (nSPS) is 14.4. The summed E-state index contributed by atoms with van der Waals surface area (Å²) in [6, 6.07) is 9.30. The first-order valence-corrected chi connectivity index (χ1v) is 9.25. The van der Waals surface area contributed by atoms with Crippen molar-refractivity contribution in [3.63, 3.8) is 0 Å². The summed E-state index contributed by atoms with van der Waals surface area (Å²) in [6.45, 7) is 2.69. The molecule has 1 aromatic heterocycles. The van der Waals surface area contributed by atoms with Gasteiger partial charge in [-0.25, -0.2) is 14.8 Å². The summed E-state index contributed by atoms with van der Waals surface area (Å²) >= 11 is 5.85. The summed E-state index contributed by atoms with van der Waals surface area (Å²) in [6.07, 6.45) is 4.99. The largest absolute Gasteiger partial charge is 0.354 e. The number of nitrogens with zero attached hydrogens (tertiary/aromatic N) is 4. The van der Waals surface area contributed by atoms with Gasteiger partial charge in [0.25, 0.3) is 0 Å². The van der Waals surface area contributed by atoms with Gasteiger partial charge in [-0.3, -0.25) is 0 Å². The topological polar surface area (TPSA) is 93.9 Å². The van der Waals surface area contributed by atoms with Gasteiger partial charge in [0.15, 0.2) is 11.5 Å². The highest BCUT2D eigenvalue weighted by Crippen LogP contribution is 2.22.